The zero-order valence-electron chi connectivity index (χ0n) is 63.1. The maximum atomic E-state index is 5.15. The van der Waals surface area contributed by atoms with Crippen molar-refractivity contribution in [2.75, 3.05) is 0 Å². The Balaban J connectivity index is 0.000000110. The molecule has 38 bridgehead atoms. The summed E-state index contributed by atoms with van der Waals surface area (Å²) >= 11 is 0. The van der Waals surface area contributed by atoms with Crippen LogP contribution in [-0.2, 0) is 0 Å². The lowest BCUT2D eigenvalue weighted by molar-refractivity contribution is 1.22. The molecule has 0 amide bonds. The minimum atomic E-state index is 0.831. The van der Waals surface area contributed by atoms with Crippen LogP contribution >= 0.6 is 0 Å². The molecule has 32 heterocycles. The van der Waals surface area contributed by atoms with Gasteiger partial charge in [-0.05, 0) is 170 Å². The molecule has 30 aromatic rings. The minimum absolute atomic E-state index is 0.831. The van der Waals surface area contributed by atoms with Crippen molar-refractivity contribution in [2.24, 2.45) is 0 Å². The van der Waals surface area contributed by atoms with Crippen molar-refractivity contribution in [2.45, 2.75) is 0 Å². The van der Waals surface area contributed by atoms with Gasteiger partial charge in [-0.15, -0.1) is 0 Å². The Morgan fingerprint density at radius 1 is 0.112 bits per heavy atom. The second-order valence-corrected chi connectivity index (χ2v) is 29.8. The Morgan fingerprint density at radius 3 is 0.526 bits per heavy atom. The molecule has 0 radical (unpaired) electrons. The van der Waals surface area contributed by atoms with Crippen molar-refractivity contribution in [3.05, 3.63) is 425 Å². The molecule has 540 valence electrons. The Bertz CT molecular complexity index is 6660. The molecule has 16 aliphatic rings. The average molecular weight is 1480 g/mol. The van der Waals surface area contributed by atoms with E-state index < -0.39 is 0 Å². The van der Waals surface area contributed by atoms with E-state index in [1.807, 2.05) is 42.7 Å². The molecule has 0 N–H and O–H groups in total. The highest BCUT2D eigenvalue weighted by Gasteiger charge is 2.14. The van der Waals surface area contributed by atoms with E-state index in [0.29, 0.717) is 0 Å². The van der Waals surface area contributed by atoms with Crippen molar-refractivity contribution in [1.29, 1.82) is 0 Å². The predicted molar refractivity (Wildman–Crippen MR) is 485 cm³/mol. The molecule has 0 unspecified atom stereocenters. The first-order valence-electron chi connectivity index (χ1n) is 39.3. The highest BCUT2D eigenvalue weighted by molar-refractivity contribution is 6.06. The van der Waals surface area contributed by atoms with Crippen molar-refractivity contribution < 1.29 is 0 Å². The summed E-state index contributed by atoms with van der Waals surface area (Å²) in [5.41, 5.74) is 30.2. The average Bonchev–Trinajstić information content (AvgIpc) is 0.796. The molecule has 0 fully saturated rings. The molecule has 6 heteroatoms. The number of benzene rings is 14. The highest BCUT2D eigenvalue weighted by Crippen LogP contribution is 2.37. The molecule has 0 aliphatic carbocycles. The number of fused-ring (bicyclic) bond motifs is 2. The lowest BCUT2D eigenvalue weighted by Gasteiger charge is -2.08. The van der Waals surface area contributed by atoms with Gasteiger partial charge in [0, 0.05) is 56.2 Å². The SMILES string of the molecule is c1cc2ccc1c1ccc(cc1)c1ccc(cc1)c1ccc3ccc4ccc(nc4c3n1)c1ccc(cc1)c1ccc2cc1.c1cc2nc(c1)-c1ccc(cc1)-c1ccc(cc1)-c1ccc(cc1)-c1ccc(cc1)-c1ccc-2cc1.c1cc2nc(c1)-c1ccc(cn1)-c1ccc(cc1)-c1ccc(cc1)-c1ccc(cc1)-c1ccc-2nc1. The zero-order chi connectivity index (χ0) is 76.8. The van der Waals surface area contributed by atoms with Gasteiger partial charge in [0.15, 0.2) is 0 Å². The van der Waals surface area contributed by atoms with Gasteiger partial charge in [0.2, 0.25) is 0 Å². The van der Waals surface area contributed by atoms with E-state index in [-0.39, 0.29) is 0 Å². The summed E-state index contributed by atoms with van der Waals surface area (Å²) in [6.45, 7) is 0. The van der Waals surface area contributed by atoms with Crippen LogP contribution < -0.4 is 0 Å². The van der Waals surface area contributed by atoms with Gasteiger partial charge in [0.1, 0.15) is 0 Å². The van der Waals surface area contributed by atoms with E-state index >= 15 is 0 Å². The van der Waals surface area contributed by atoms with E-state index in [9.17, 15) is 0 Å². The summed E-state index contributed by atoms with van der Waals surface area (Å²) in [7, 11) is 0. The molecular formula is C110H70N6. The third kappa shape index (κ3) is 13.7. The fraction of sp³-hybridized carbons (Fsp3) is 0. The summed E-state index contributed by atoms with van der Waals surface area (Å²) in [4.78, 5) is 29.6. The Hall–Kier alpha value is -15.5. The fourth-order valence-electron chi connectivity index (χ4n) is 16.0. The molecule has 0 saturated carbocycles. The Kier molecular flexibility index (Phi) is 17.5. The smallest absolute Gasteiger partial charge is 0.0972 e. The van der Waals surface area contributed by atoms with Gasteiger partial charge in [-0.25, -0.2) is 19.9 Å². The predicted octanol–water partition coefficient (Wildman–Crippen LogP) is 29.0. The summed E-state index contributed by atoms with van der Waals surface area (Å²) in [6, 6.07) is 147. The van der Waals surface area contributed by atoms with E-state index in [2.05, 4.69) is 382 Å². The van der Waals surface area contributed by atoms with Crippen LogP contribution in [0.2, 0.25) is 0 Å². The second-order valence-electron chi connectivity index (χ2n) is 29.8. The topological polar surface area (TPSA) is 77.3 Å². The standard InChI is InChI=1S/C42H26N2.C35H23N.C33H21N3/c1-2-28-4-3-27(1)29-5-9-31(10-6-29)33-13-17-35(18-14-33)39-25-23-37-21-22-38-24-26-40(44-42(38)41(37)43-39)36-19-15-34(16-20-36)32-11-7-30(28)8-12-32;1-2-34-32-20-16-30(17-21-32)28-12-8-26(9-13-28)24-4-6-25(7-5-24)27-10-14-29(15-11-27)31-18-22-33(23-19-31)35(3-1)36-34;1-2-32-30-18-16-28(20-34-30)26-12-8-24(9-13-26)22-4-6-23(7-5-22)25-10-14-27(15-11-25)29-17-19-31(35-21-29)33(3-1)36-32/h1-26H;1-23H;1-21H. The first-order valence-corrected chi connectivity index (χ1v) is 39.3. The minimum Gasteiger partial charge on any atom is -0.254 e. The number of pyridine rings is 6. The van der Waals surface area contributed by atoms with Gasteiger partial charge < -0.3 is 0 Å². The molecule has 46 rings (SSSR count). The first-order chi connectivity index (χ1) is 57.3. The van der Waals surface area contributed by atoms with Crippen LogP contribution in [0, 0.1) is 0 Å². The van der Waals surface area contributed by atoms with Gasteiger partial charge in [-0.1, -0.05) is 364 Å². The van der Waals surface area contributed by atoms with Crippen LogP contribution in [0.25, 0.3) is 221 Å². The third-order valence-corrected chi connectivity index (χ3v) is 22.8. The summed E-state index contributed by atoms with van der Waals surface area (Å²) in [5.74, 6) is 0. The van der Waals surface area contributed by atoms with E-state index in [1.165, 1.54) is 110 Å². The normalized spacial score (nSPS) is 11.4. The maximum absolute atomic E-state index is 5.15. The zero-order valence-corrected chi connectivity index (χ0v) is 63.1. The van der Waals surface area contributed by atoms with Gasteiger partial charge in [0.05, 0.1) is 56.2 Å². The van der Waals surface area contributed by atoms with Gasteiger partial charge in [0.25, 0.3) is 0 Å². The molecule has 0 spiro atoms. The van der Waals surface area contributed by atoms with E-state index in [0.717, 1.165) is 111 Å². The van der Waals surface area contributed by atoms with E-state index in [1.54, 1.807) is 0 Å². The Morgan fingerprint density at radius 2 is 0.293 bits per heavy atom. The van der Waals surface area contributed by atoms with Crippen LogP contribution in [0.5, 0.6) is 0 Å². The van der Waals surface area contributed by atoms with Crippen molar-refractivity contribution in [3.63, 3.8) is 0 Å². The molecule has 14 aromatic carbocycles. The summed E-state index contributed by atoms with van der Waals surface area (Å²) in [5, 5.41) is 14.0. The highest BCUT2D eigenvalue weighted by atomic mass is 14.8. The monoisotopic (exact) mass is 1470 g/mol. The molecule has 16 aromatic heterocycles. The van der Waals surface area contributed by atoms with Crippen molar-refractivity contribution in [1.82, 2.24) is 29.9 Å². The summed E-state index contributed by atoms with van der Waals surface area (Å²) < 4.78 is 0. The largest absolute Gasteiger partial charge is 0.254 e. The Labute approximate surface area is 671 Å². The number of hydrogen-bond donors (Lipinski definition) is 0. The molecular weight excluding hydrogens is 1410 g/mol. The molecule has 16 aliphatic heterocycles. The van der Waals surface area contributed by atoms with Crippen molar-refractivity contribution in [3.8, 4) is 134 Å². The number of aromatic nitrogens is 6. The molecule has 0 atom stereocenters. The number of hydrogen-bond acceptors (Lipinski definition) is 6. The number of rotatable bonds is 0. The van der Waals surface area contributed by atoms with Gasteiger partial charge in [-0.2, -0.15) is 0 Å². The van der Waals surface area contributed by atoms with Crippen LogP contribution in [0.1, 0.15) is 0 Å². The second kappa shape index (κ2) is 29.6. The van der Waals surface area contributed by atoms with Crippen LogP contribution in [0.4, 0.5) is 0 Å². The summed E-state index contributed by atoms with van der Waals surface area (Å²) in [6.07, 6.45) is 3.83. The lowest BCUT2D eigenvalue weighted by Crippen LogP contribution is -1.92. The fourth-order valence-corrected chi connectivity index (χ4v) is 16.0. The molecule has 116 heavy (non-hydrogen) atoms. The lowest BCUT2D eigenvalue weighted by atomic mass is 9.96. The van der Waals surface area contributed by atoms with Crippen LogP contribution in [0.15, 0.2) is 425 Å². The van der Waals surface area contributed by atoms with Crippen molar-refractivity contribution >= 4 is 86.7 Å². The van der Waals surface area contributed by atoms with Gasteiger partial charge >= 0.3 is 0 Å². The third-order valence-electron chi connectivity index (χ3n) is 22.8. The quantitative estimate of drug-likeness (QED) is 0.141. The maximum Gasteiger partial charge on any atom is 0.0972 e. The first kappa shape index (κ1) is 68.5. The van der Waals surface area contributed by atoms with Crippen LogP contribution in [-0.4, -0.2) is 29.9 Å². The van der Waals surface area contributed by atoms with Crippen LogP contribution in [0.3, 0.4) is 0 Å². The number of nitrogens with zero attached hydrogens (tertiary/aromatic N) is 6. The van der Waals surface area contributed by atoms with E-state index in [4.69, 9.17) is 29.9 Å². The molecule has 6 nitrogen and oxygen atoms in total. The van der Waals surface area contributed by atoms with Gasteiger partial charge in [-0.3, -0.25) is 9.97 Å². The molecule has 0 saturated heterocycles.